The van der Waals surface area contributed by atoms with E-state index in [1.807, 2.05) is 13.0 Å². The molecule has 0 fully saturated rings. The van der Waals surface area contributed by atoms with E-state index in [1.54, 1.807) is 12.1 Å². The number of hydrogen-bond donors (Lipinski definition) is 1. The van der Waals surface area contributed by atoms with E-state index in [4.69, 9.17) is 9.47 Å². The van der Waals surface area contributed by atoms with Crippen LogP contribution >= 0.6 is 0 Å². The lowest BCUT2D eigenvalue weighted by Gasteiger charge is -2.35. The number of rotatable bonds is 9. The van der Waals surface area contributed by atoms with E-state index in [-0.39, 0.29) is 23.2 Å². The van der Waals surface area contributed by atoms with Gasteiger partial charge in [-0.25, -0.2) is 4.39 Å². The molecule has 0 aliphatic carbocycles. The smallest absolute Gasteiger partial charge is 0.165 e. The Kier molecular flexibility index (Phi) is 7.12. The Morgan fingerprint density at radius 1 is 1.29 bits per heavy atom. The number of methoxy groups -OCH3 is 1. The summed E-state index contributed by atoms with van der Waals surface area (Å²) in [6.07, 6.45) is 1.77. The van der Waals surface area contributed by atoms with Crippen LogP contribution in [0, 0.1) is 5.82 Å². The summed E-state index contributed by atoms with van der Waals surface area (Å²) < 4.78 is 24.6. The third-order valence-electron chi connectivity index (χ3n) is 3.65. The molecule has 1 aromatic rings. The fourth-order valence-electron chi connectivity index (χ4n) is 2.43. The van der Waals surface area contributed by atoms with Crippen LogP contribution in [0.1, 0.15) is 39.7 Å². The lowest BCUT2D eigenvalue weighted by molar-refractivity contribution is -0.0380. The molecule has 1 aromatic carbocycles. The lowest BCUT2D eigenvalue weighted by Crippen LogP contribution is -2.50. The number of nitrogens with one attached hydrogen (secondary N) is 1. The Balaban J connectivity index is 2.87. The van der Waals surface area contributed by atoms with Crippen LogP contribution in [0.4, 0.5) is 4.39 Å². The van der Waals surface area contributed by atoms with Crippen LogP contribution in [-0.4, -0.2) is 31.9 Å². The van der Waals surface area contributed by atoms with E-state index in [1.165, 1.54) is 7.11 Å². The molecule has 0 bridgehead atoms. The van der Waals surface area contributed by atoms with Crippen molar-refractivity contribution in [1.82, 2.24) is 5.32 Å². The van der Waals surface area contributed by atoms with Gasteiger partial charge >= 0.3 is 0 Å². The topological polar surface area (TPSA) is 30.5 Å². The van der Waals surface area contributed by atoms with E-state index in [0.29, 0.717) is 13.0 Å². The summed E-state index contributed by atoms with van der Waals surface area (Å²) in [6, 6.07) is 5.26. The van der Waals surface area contributed by atoms with Gasteiger partial charge < -0.3 is 14.8 Å². The molecule has 0 amide bonds. The molecule has 4 heteroatoms. The minimum atomic E-state index is -0.321. The standard InChI is InChI=1S/C17H28FNO2/c1-6-10-19-16(17(3,4)21-7-2)12-13-8-9-15(20-5)14(18)11-13/h8-9,11,16,19H,6-7,10,12H2,1-5H3. The molecule has 3 nitrogen and oxygen atoms in total. The first-order chi connectivity index (χ1) is 9.94. The van der Waals surface area contributed by atoms with Gasteiger partial charge in [0.05, 0.1) is 12.7 Å². The molecule has 21 heavy (non-hydrogen) atoms. The van der Waals surface area contributed by atoms with Crippen LogP contribution in [0.2, 0.25) is 0 Å². The van der Waals surface area contributed by atoms with Crippen molar-refractivity contribution in [1.29, 1.82) is 0 Å². The molecular weight excluding hydrogens is 269 g/mol. The highest BCUT2D eigenvalue weighted by molar-refractivity contribution is 5.30. The van der Waals surface area contributed by atoms with Crippen LogP contribution in [0.3, 0.4) is 0 Å². The van der Waals surface area contributed by atoms with Gasteiger partial charge in [-0.2, -0.15) is 0 Å². The molecule has 1 atom stereocenters. The first-order valence-electron chi connectivity index (χ1n) is 7.64. The van der Waals surface area contributed by atoms with Gasteiger partial charge in [0.1, 0.15) is 0 Å². The second-order valence-corrected chi connectivity index (χ2v) is 5.72. The van der Waals surface area contributed by atoms with Crippen LogP contribution in [-0.2, 0) is 11.2 Å². The largest absolute Gasteiger partial charge is 0.494 e. The zero-order valence-electron chi connectivity index (χ0n) is 13.8. The number of halogens is 1. The number of hydrogen-bond acceptors (Lipinski definition) is 3. The maximum absolute atomic E-state index is 13.8. The molecule has 1 rings (SSSR count). The minimum absolute atomic E-state index is 0.130. The molecule has 0 radical (unpaired) electrons. The average molecular weight is 297 g/mol. The van der Waals surface area contributed by atoms with Crippen molar-refractivity contribution in [3.63, 3.8) is 0 Å². The summed E-state index contributed by atoms with van der Waals surface area (Å²) >= 11 is 0. The summed E-state index contributed by atoms with van der Waals surface area (Å²) in [7, 11) is 1.47. The highest BCUT2D eigenvalue weighted by atomic mass is 19.1. The summed E-state index contributed by atoms with van der Waals surface area (Å²) in [5.74, 6) is -0.0423. The van der Waals surface area contributed by atoms with Gasteiger partial charge in [0.15, 0.2) is 11.6 Å². The van der Waals surface area contributed by atoms with Gasteiger partial charge in [-0.1, -0.05) is 13.0 Å². The Hall–Kier alpha value is -1.13. The first-order valence-corrected chi connectivity index (χ1v) is 7.64. The number of benzene rings is 1. The van der Waals surface area contributed by atoms with Crippen molar-refractivity contribution in [2.75, 3.05) is 20.3 Å². The molecule has 0 heterocycles. The predicted octanol–water partition coefficient (Wildman–Crippen LogP) is 3.56. The van der Waals surface area contributed by atoms with Crippen molar-refractivity contribution in [3.05, 3.63) is 29.6 Å². The fourth-order valence-corrected chi connectivity index (χ4v) is 2.43. The van der Waals surface area contributed by atoms with Crippen molar-refractivity contribution < 1.29 is 13.9 Å². The highest BCUT2D eigenvalue weighted by Gasteiger charge is 2.29. The van der Waals surface area contributed by atoms with Crippen molar-refractivity contribution >= 4 is 0 Å². The lowest BCUT2D eigenvalue weighted by atomic mass is 9.91. The molecule has 0 aliphatic rings. The van der Waals surface area contributed by atoms with Crippen LogP contribution in [0.25, 0.3) is 0 Å². The van der Waals surface area contributed by atoms with Crippen LogP contribution < -0.4 is 10.1 Å². The van der Waals surface area contributed by atoms with Crippen LogP contribution in [0.5, 0.6) is 5.75 Å². The normalized spacial score (nSPS) is 13.2. The molecule has 0 aromatic heterocycles. The molecule has 0 aliphatic heterocycles. The third-order valence-corrected chi connectivity index (χ3v) is 3.65. The SMILES string of the molecule is CCCNC(Cc1ccc(OC)c(F)c1)C(C)(C)OCC. The molecule has 0 saturated carbocycles. The highest BCUT2D eigenvalue weighted by Crippen LogP contribution is 2.22. The average Bonchev–Trinajstić information content (AvgIpc) is 2.43. The predicted molar refractivity (Wildman–Crippen MR) is 84.4 cm³/mol. The quantitative estimate of drug-likeness (QED) is 0.756. The molecular formula is C17H28FNO2. The van der Waals surface area contributed by atoms with E-state index in [9.17, 15) is 4.39 Å². The second-order valence-electron chi connectivity index (χ2n) is 5.72. The van der Waals surface area contributed by atoms with E-state index < -0.39 is 0 Å². The summed E-state index contributed by atoms with van der Waals surface area (Å²) in [5, 5.41) is 3.51. The van der Waals surface area contributed by atoms with Crippen molar-refractivity contribution in [3.8, 4) is 5.75 Å². The van der Waals surface area contributed by atoms with E-state index in [0.717, 1.165) is 18.5 Å². The Labute approximate surface area is 127 Å². The maximum Gasteiger partial charge on any atom is 0.165 e. The van der Waals surface area contributed by atoms with Gasteiger partial charge in [0, 0.05) is 12.6 Å². The third kappa shape index (κ3) is 5.29. The Morgan fingerprint density at radius 2 is 2.00 bits per heavy atom. The Morgan fingerprint density at radius 3 is 2.52 bits per heavy atom. The van der Waals surface area contributed by atoms with Gasteiger partial charge in [-0.3, -0.25) is 0 Å². The zero-order chi connectivity index (χ0) is 15.9. The minimum Gasteiger partial charge on any atom is -0.494 e. The van der Waals surface area contributed by atoms with Gasteiger partial charge in [0.25, 0.3) is 0 Å². The van der Waals surface area contributed by atoms with E-state index >= 15 is 0 Å². The monoisotopic (exact) mass is 297 g/mol. The fraction of sp³-hybridized carbons (Fsp3) is 0.647. The molecule has 0 spiro atoms. The molecule has 1 unspecified atom stereocenters. The number of ether oxygens (including phenoxy) is 2. The summed E-state index contributed by atoms with van der Waals surface area (Å²) in [5.41, 5.74) is 0.634. The van der Waals surface area contributed by atoms with Gasteiger partial charge in [-0.05, 0) is 57.9 Å². The molecule has 0 saturated heterocycles. The molecule has 1 N–H and O–H groups in total. The van der Waals surface area contributed by atoms with Gasteiger partial charge in [0.2, 0.25) is 0 Å². The van der Waals surface area contributed by atoms with Crippen molar-refractivity contribution in [2.45, 2.75) is 52.2 Å². The maximum atomic E-state index is 13.8. The Bertz CT molecular complexity index is 435. The first kappa shape index (κ1) is 17.9. The van der Waals surface area contributed by atoms with E-state index in [2.05, 4.69) is 26.1 Å². The molecule has 120 valence electrons. The second kappa shape index (κ2) is 8.35. The van der Waals surface area contributed by atoms with Gasteiger partial charge in [-0.15, -0.1) is 0 Å². The summed E-state index contributed by atoms with van der Waals surface area (Å²) in [4.78, 5) is 0. The summed E-state index contributed by atoms with van der Waals surface area (Å²) in [6.45, 7) is 9.85. The zero-order valence-corrected chi connectivity index (χ0v) is 13.8. The van der Waals surface area contributed by atoms with Crippen LogP contribution in [0.15, 0.2) is 18.2 Å². The van der Waals surface area contributed by atoms with Crippen molar-refractivity contribution in [2.24, 2.45) is 0 Å².